The molecule has 0 aliphatic carbocycles. The fraction of sp³-hybridized carbons (Fsp3) is 0.375. The predicted molar refractivity (Wildman–Crippen MR) is 63.9 cm³/mol. The Morgan fingerprint density at radius 3 is 2.67 bits per heavy atom. The lowest BCUT2D eigenvalue weighted by Gasteiger charge is -1.94. The van der Waals surface area contributed by atoms with Crippen molar-refractivity contribution < 1.29 is 4.42 Å². The summed E-state index contributed by atoms with van der Waals surface area (Å²) < 4.78 is 8.21. The molecule has 0 amide bonds. The fourth-order valence-electron chi connectivity index (χ4n) is 1.10. The molecule has 0 aromatic carbocycles. The number of nitrogens with zero attached hydrogens (tertiary/aromatic N) is 3. The lowest BCUT2D eigenvalue weighted by molar-refractivity contribution is 0.467. The van der Waals surface area contributed by atoms with Crippen molar-refractivity contribution in [2.45, 2.75) is 12.1 Å². The molecule has 15 heavy (non-hydrogen) atoms. The van der Waals surface area contributed by atoms with Crippen LogP contribution >= 0.6 is 35.3 Å². The van der Waals surface area contributed by atoms with Crippen LogP contribution in [0.15, 0.2) is 9.64 Å². The summed E-state index contributed by atoms with van der Waals surface area (Å²) in [6, 6.07) is 0. The molecular formula is C8H9N3OS3. The lowest BCUT2D eigenvalue weighted by Crippen LogP contribution is -1.90. The third-order valence-corrected chi connectivity index (χ3v) is 4.23. The van der Waals surface area contributed by atoms with Gasteiger partial charge in [-0.3, -0.25) is 0 Å². The summed E-state index contributed by atoms with van der Waals surface area (Å²) in [5.74, 6) is 0.550. The largest absolute Gasteiger partial charge is 0.410 e. The van der Waals surface area contributed by atoms with Crippen LogP contribution in [0.3, 0.4) is 0 Å². The van der Waals surface area contributed by atoms with Gasteiger partial charge in [0.25, 0.3) is 11.1 Å². The molecule has 2 aromatic heterocycles. The van der Waals surface area contributed by atoms with Gasteiger partial charge in [0.15, 0.2) is 3.95 Å². The van der Waals surface area contributed by atoms with Gasteiger partial charge in [0, 0.05) is 12.7 Å². The quantitative estimate of drug-likeness (QED) is 0.613. The molecule has 0 saturated carbocycles. The van der Waals surface area contributed by atoms with E-state index in [0.717, 1.165) is 14.5 Å². The highest BCUT2D eigenvalue weighted by atomic mass is 32.2. The van der Waals surface area contributed by atoms with Crippen molar-refractivity contribution in [3.05, 3.63) is 9.65 Å². The molecule has 0 fully saturated rings. The van der Waals surface area contributed by atoms with Crippen LogP contribution in [0.4, 0.5) is 0 Å². The normalized spacial score (nSPS) is 10.9. The van der Waals surface area contributed by atoms with Crippen molar-refractivity contribution in [2.24, 2.45) is 7.05 Å². The zero-order chi connectivity index (χ0) is 11.0. The molecule has 4 nitrogen and oxygen atoms in total. The second kappa shape index (κ2) is 4.07. The molecule has 0 bridgehead atoms. The zero-order valence-electron chi connectivity index (χ0n) is 8.47. The Bertz CT molecular complexity index is 540. The number of hydrogen-bond acceptors (Lipinski definition) is 6. The van der Waals surface area contributed by atoms with Crippen LogP contribution in [-0.4, -0.2) is 21.0 Å². The Labute approximate surface area is 100 Å². The van der Waals surface area contributed by atoms with Gasteiger partial charge in [-0.1, -0.05) is 23.1 Å². The van der Waals surface area contributed by atoms with Gasteiger partial charge >= 0.3 is 0 Å². The summed E-state index contributed by atoms with van der Waals surface area (Å²) in [6.07, 6.45) is 1.90. The van der Waals surface area contributed by atoms with Crippen molar-refractivity contribution in [3.63, 3.8) is 0 Å². The SMILES string of the molecule is CSc1nnc(-c2sc(=S)n(C)c2C)o1. The van der Waals surface area contributed by atoms with E-state index in [9.17, 15) is 0 Å². The Kier molecular flexibility index (Phi) is 2.94. The molecule has 2 rings (SSSR count). The van der Waals surface area contributed by atoms with Gasteiger partial charge in [-0.15, -0.1) is 10.2 Å². The number of thioether (sulfide) groups is 1. The summed E-state index contributed by atoms with van der Waals surface area (Å²) in [5, 5.41) is 8.46. The second-order valence-corrected chi connectivity index (χ2v) is 5.32. The summed E-state index contributed by atoms with van der Waals surface area (Å²) in [7, 11) is 1.93. The molecule has 7 heteroatoms. The van der Waals surface area contributed by atoms with Crippen LogP contribution in [0.25, 0.3) is 10.8 Å². The minimum atomic E-state index is 0.550. The number of hydrogen-bond donors (Lipinski definition) is 0. The smallest absolute Gasteiger partial charge is 0.276 e. The Hall–Kier alpha value is -0.660. The molecule has 80 valence electrons. The number of rotatable bonds is 2. The van der Waals surface area contributed by atoms with Crippen LogP contribution in [0.1, 0.15) is 5.69 Å². The van der Waals surface area contributed by atoms with E-state index >= 15 is 0 Å². The topological polar surface area (TPSA) is 43.9 Å². The van der Waals surface area contributed by atoms with Gasteiger partial charge in [-0.2, -0.15) is 0 Å². The standard InChI is InChI=1S/C8H9N3OS3/c1-4-5(15-8(13)11(4)2)6-9-10-7(12-6)14-3/h1-3H3. The van der Waals surface area contributed by atoms with E-state index in [0.29, 0.717) is 11.1 Å². The molecule has 0 unspecified atom stereocenters. The maximum atomic E-state index is 5.46. The molecule has 0 N–H and O–H groups in total. The molecule has 0 aliphatic rings. The van der Waals surface area contributed by atoms with Gasteiger partial charge in [-0.25, -0.2) is 0 Å². The summed E-state index contributed by atoms with van der Waals surface area (Å²) in [5.41, 5.74) is 1.06. The minimum absolute atomic E-state index is 0.550. The molecular weight excluding hydrogens is 250 g/mol. The first-order chi connectivity index (χ1) is 7.13. The maximum absolute atomic E-state index is 5.46. The Balaban J connectivity index is 2.54. The Morgan fingerprint density at radius 1 is 1.47 bits per heavy atom. The molecule has 2 heterocycles. The van der Waals surface area contributed by atoms with Crippen molar-refractivity contribution in [1.29, 1.82) is 0 Å². The van der Waals surface area contributed by atoms with Crippen LogP contribution < -0.4 is 0 Å². The van der Waals surface area contributed by atoms with Crippen LogP contribution in [0.2, 0.25) is 0 Å². The monoisotopic (exact) mass is 259 g/mol. The van der Waals surface area contributed by atoms with E-state index in [1.165, 1.54) is 23.1 Å². The average molecular weight is 259 g/mol. The van der Waals surface area contributed by atoms with Crippen LogP contribution in [0, 0.1) is 10.9 Å². The molecule has 0 atom stereocenters. The summed E-state index contributed by atoms with van der Waals surface area (Å²) in [6.45, 7) is 1.99. The molecule has 2 aromatic rings. The first-order valence-electron chi connectivity index (χ1n) is 4.17. The van der Waals surface area contributed by atoms with Crippen molar-refractivity contribution in [1.82, 2.24) is 14.8 Å². The first-order valence-corrected chi connectivity index (χ1v) is 6.62. The summed E-state index contributed by atoms with van der Waals surface area (Å²) >= 11 is 8.11. The molecule has 0 spiro atoms. The Morgan fingerprint density at radius 2 is 2.20 bits per heavy atom. The van der Waals surface area contributed by atoms with Crippen LogP contribution in [-0.2, 0) is 7.05 Å². The van der Waals surface area contributed by atoms with Crippen molar-refractivity contribution in [3.8, 4) is 10.8 Å². The molecule has 0 saturated heterocycles. The fourth-order valence-corrected chi connectivity index (χ4v) is 2.68. The van der Waals surface area contributed by atoms with Gasteiger partial charge in [0.2, 0.25) is 0 Å². The first kappa shape index (κ1) is 10.8. The number of thiazole rings is 1. The van der Waals surface area contributed by atoms with E-state index in [1.54, 1.807) is 0 Å². The van der Waals surface area contributed by atoms with E-state index in [4.69, 9.17) is 16.6 Å². The van der Waals surface area contributed by atoms with Gasteiger partial charge < -0.3 is 8.98 Å². The molecule has 0 radical (unpaired) electrons. The third kappa shape index (κ3) is 1.86. The van der Waals surface area contributed by atoms with Crippen molar-refractivity contribution in [2.75, 3.05) is 6.26 Å². The third-order valence-electron chi connectivity index (χ3n) is 2.07. The van der Waals surface area contributed by atoms with Gasteiger partial charge in [0.05, 0.1) is 0 Å². The highest BCUT2D eigenvalue weighted by Crippen LogP contribution is 2.30. The van der Waals surface area contributed by atoms with E-state index in [-0.39, 0.29) is 0 Å². The maximum Gasteiger partial charge on any atom is 0.276 e. The predicted octanol–water partition coefficient (Wildman–Crippen LogP) is 2.90. The lowest BCUT2D eigenvalue weighted by atomic mass is 10.4. The van der Waals surface area contributed by atoms with Crippen LogP contribution in [0.5, 0.6) is 0 Å². The van der Waals surface area contributed by atoms with E-state index in [2.05, 4.69) is 10.2 Å². The van der Waals surface area contributed by atoms with Gasteiger partial charge in [-0.05, 0) is 25.4 Å². The number of aromatic nitrogens is 3. The highest BCUT2D eigenvalue weighted by molar-refractivity contribution is 7.98. The minimum Gasteiger partial charge on any atom is -0.410 e. The second-order valence-electron chi connectivity index (χ2n) is 2.92. The van der Waals surface area contributed by atoms with E-state index in [1.807, 2.05) is 24.8 Å². The molecule has 0 aliphatic heterocycles. The van der Waals surface area contributed by atoms with Crippen molar-refractivity contribution >= 4 is 35.3 Å². The summed E-state index contributed by atoms with van der Waals surface area (Å²) in [4.78, 5) is 0.954. The zero-order valence-corrected chi connectivity index (χ0v) is 10.9. The van der Waals surface area contributed by atoms with E-state index < -0.39 is 0 Å². The average Bonchev–Trinajstić information content (AvgIpc) is 2.79. The van der Waals surface area contributed by atoms with Gasteiger partial charge in [0.1, 0.15) is 4.88 Å². The highest BCUT2D eigenvalue weighted by Gasteiger charge is 2.14.